The molecule has 0 unspecified atom stereocenters. The molecule has 0 bridgehead atoms. The second-order valence-electron chi connectivity index (χ2n) is 5.35. The highest BCUT2D eigenvalue weighted by molar-refractivity contribution is 6.36. The molecule has 0 radical (unpaired) electrons. The summed E-state index contributed by atoms with van der Waals surface area (Å²) in [5.41, 5.74) is 3.15. The van der Waals surface area contributed by atoms with Crippen LogP contribution in [-0.4, -0.2) is 9.97 Å². The van der Waals surface area contributed by atoms with Crippen LogP contribution >= 0.6 is 23.2 Å². The monoisotopic (exact) mass is 358 g/mol. The maximum Gasteiger partial charge on any atom is 0.224 e. The minimum atomic E-state index is 0.537. The summed E-state index contributed by atoms with van der Waals surface area (Å²) in [5.74, 6) is 1.20. The quantitative estimate of drug-likeness (QED) is 0.636. The first-order chi connectivity index (χ1) is 11.6. The van der Waals surface area contributed by atoms with Gasteiger partial charge in [0.2, 0.25) is 5.95 Å². The zero-order valence-corrected chi connectivity index (χ0v) is 14.6. The van der Waals surface area contributed by atoms with Crippen LogP contribution in [0.15, 0.2) is 54.7 Å². The van der Waals surface area contributed by atoms with Gasteiger partial charge in [-0.15, -0.1) is 0 Å². The molecule has 0 aliphatic heterocycles. The molecular formula is C18H16Cl2N4. The first kappa shape index (κ1) is 16.6. The zero-order chi connectivity index (χ0) is 16.9. The van der Waals surface area contributed by atoms with Gasteiger partial charge < -0.3 is 10.6 Å². The molecule has 1 heterocycles. The number of hydrogen-bond acceptors (Lipinski definition) is 4. The van der Waals surface area contributed by atoms with E-state index in [9.17, 15) is 0 Å². The molecule has 4 nitrogen and oxygen atoms in total. The van der Waals surface area contributed by atoms with E-state index < -0.39 is 0 Å². The summed E-state index contributed by atoms with van der Waals surface area (Å²) >= 11 is 12.1. The van der Waals surface area contributed by atoms with Crippen LogP contribution in [-0.2, 0) is 6.54 Å². The highest BCUT2D eigenvalue weighted by atomic mass is 35.5. The third-order valence-electron chi connectivity index (χ3n) is 3.42. The molecule has 2 aromatic carbocycles. The minimum absolute atomic E-state index is 0.537. The molecule has 0 aliphatic rings. The van der Waals surface area contributed by atoms with Crippen LogP contribution in [0.4, 0.5) is 17.5 Å². The Kier molecular flexibility index (Phi) is 5.18. The van der Waals surface area contributed by atoms with Crippen LogP contribution in [0, 0.1) is 6.92 Å². The Labute approximate surface area is 150 Å². The Balaban J connectivity index is 1.68. The van der Waals surface area contributed by atoms with E-state index in [-0.39, 0.29) is 0 Å². The van der Waals surface area contributed by atoms with Crippen molar-refractivity contribution in [1.29, 1.82) is 0 Å². The molecule has 1 aromatic heterocycles. The van der Waals surface area contributed by atoms with Gasteiger partial charge in [-0.1, -0.05) is 53.0 Å². The van der Waals surface area contributed by atoms with Gasteiger partial charge in [-0.2, -0.15) is 4.98 Å². The summed E-state index contributed by atoms with van der Waals surface area (Å²) in [4.78, 5) is 8.67. The molecule has 0 spiro atoms. The number of hydrogen-bond donors (Lipinski definition) is 2. The van der Waals surface area contributed by atoms with Gasteiger partial charge >= 0.3 is 0 Å². The van der Waals surface area contributed by atoms with E-state index in [2.05, 4.69) is 51.8 Å². The Bertz CT molecular complexity index is 835. The summed E-state index contributed by atoms with van der Waals surface area (Å²) in [7, 11) is 0. The molecular weight excluding hydrogens is 343 g/mol. The molecule has 0 saturated carbocycles. The lowest BCUT2D eigenvalue weighted by molar-refractivity contribution is 1.05. The molecule has 0 atom stereocenters. The summed E-state index contributed by atoms with van der Waals surface area (Å²) in [5, 5.41) is 7.51. The van der Waals surface area contributed by atoms with Crippen LogP contribution < -0.4 is 10.6 Å². The first-order valence-corrected chi connectivity index (χ1v) is 8.20. The number of aromatic nitrogens is 2. The normalized spacial score (nSPS) is 10.5. The largest absolute Gasteiger partial charge is 0.350 e. The standard InChI is InChI=1S/C18H16Cl2N4/c1-12-2-4-13(5-3-12)11-22-18-21-9-8-17(24-18)23-16-7-6-14(19)10-15(16)20/h2-10H,11H2,1H3,(H2,21,22,23,24). The zero-order valence-electron chi connectivity index (χ0n) is 13.1. The molecule has 3 aromatic rings. The number of rotatable bonds is 5. The van der Waals surface area contributed by atoms with Crippen LogP contribution in [0.2, 0.25) is 10.0 Å². The Morgan fingerprint density at radius 3 is 2.54 bits per heavy atom. The van der Waals surface area contributed by atoms with Crippen molar-refractivity contribution < 1.29 is 0 Å². The van der Waals surface area contributed by atoms with Crippen molar-refractivity contribution in [2.75, 3.05) is 10.6 Å². The average Bonchev–Trinajstić information content (AvgIpc) is 2.57. The molecule has 0 amide bonds. The van der Waals surface area contributed by atoms with Gasteiger partial charge in [-0.05, 0) is 36.8 Å². The van der Waals surface area contributed by atoms with E-state index in [1.165, 1.54) is 11.1 Å². The summed E-state index contributed by atoms with van der Waals surface area (Å²) in [6.45, 7) is 2.72. The fraction of sp³-hybridized carbons (Fsp3) is 0.111. The Morgan fingerprint density at radius 2 is 1.79 bits per heavy atom. The van der Waals surface area contributed by atoms with Crippen LogP contribution in [0.1, 0.15) is 11.1 Å². The van der Waals surface area contributed by atoms with Crippen LogP contribution in [0.3, 0.4) is 0 Å². The molecule has 3 rings (SSSR count). The van der Waals surface area contributed by atoms with Crippen LogP contribution in [0.25, 0.3) is 0 Å². The average molecular weight is 359 g/mol. The van der Waals surface area contributed by atoms with Gasteiger partial charge in [-0.25, -0.2) is 4.98 Å². The number of aryl methyl sites for hydroxylation is 1. The van der Waals surface area contributed by atoms with Crippen molar-refractivity contribution >= 4 is 40.7 Å². The van der Waals surface area contributed by atoms with Gasteiger partial charge in [0.25, 0.3) is 0 Å². The smallest absolute Gasteiger partial charge is 0.224 e. The number of benzene rings is 2. The summed E-state index contributed by atoms with van der Waals surface area (Å²) < 4.78 is 0. The molecule has 122 valence electrons. The first-order valence-electron chi connectivity index (χ1n) is 7.45. The number of nitrogens with zero attached hydrogens (tertiary/aromatic N) is 2. The van der Waals surface area contributed by atoms with Crippen molar-refractivity contribution in [2.24, 2.45) is 0 Å². The minimum Gasteiger partial charge on any atom is -0.350 e. The van der Waals surface area contributed by atoms with Crippen LogP contribution in [0.5, 0.6) is 0 Å². The van der Waals surface area contributed by atoms with E-state index in [0.29, 0.717) is 28.4 Å². The van der Waals surface area contributed by atoms with Crippen molar-refractivity contribution in [3.8, 4) is 0 Å². The number of halogens is 2. The Hall–Kier alpha value is -2.30. The number of nitrogens with one attached hydrogen (secondary N) is 2. The topological polar surface area (TPSA) is 49.8 Å². The van der Waals surface area contributed by atoms with Gasteiger partial charge in [-0.3, -0.25) is 0 Å². The van der Waals surface area contributed by atoms with Crippen molar-refractivity contribution in [3.05, 3.63) is 75.9 Å². The Morgan fingerprint density at radius 1 is 1.00 bits per heavy atom. The van der Waals surface area contributed by atoms with E-state index in [0.717, 1.165) is 5.69 Å². The lowest BCUT2D eigenvalue weighted by Gasteiger charge is -2.10. The predicted molar refractivity (Wildman–Crippen MR) is 100 cm³/mol. The van der Waals surface area contributed by atoms with E-state index in [1.54, 1.807) is 24.4 Å². The van der Waals surface area contributed by atoms with Crippen molar-refractivity contribution in [3.63, 3.8) is 0 Å². The maximum absolute atomic E-state index is 6.17. The lowest BCUT2D eigenvalue weighted by Crippen LogP contribution is -2.05. The van der Waals surface area contributed by atoms with E-state index in [4.69, 9.17) is 23.2 Å². The van der Waals surface area contributed by atoms with Crippen molar-refractivity contribution in [1.82, 2.24) is 9.97 Å². The highest BCUT2D eigenvalue weighted by Crippen LogP contribution is 2.27. The molecule has 24 heavy (non-hydrogen) atoms. The third-order valence-corrected chi connectivity index (χ3v) is 3.97. The predicted octanol–water partition coefficient (Wildman–Crippen LogP) is 5.45. The van der Waals surface area contributed by atoms with Gasteiger partial charge in [0.05, 0.1) is 10.7 Å². The SMILES string of the molecule is Cc1ccc(CNc2nccc(Nc3ccc(Cl)cc3Cl)n2)cc1. The molecule has 0 fully saturated rings. The van der Waals surface area contributed by atoms with Crippen molar-refractivity contribution in [2.45, 2.75) is 13.5 Å². The van der Waals surface area contributed by atoms with E-state index in [1.807, 2.05) is 6.07 Å². The molecule has 6 heteroatoms. The van der Waals surface area contributed by atoms with Gasteiger partial charge in [0.1, 0.15) is 5.82 Å². The van der Waals surface area contributed by atoms with Gasteiger partial charge in [0.15, 0.2) is 0 Å². The lowest BCUT2D eigenvalue weighted by atomic mass is 10.1. The molecule has 0 saturated heterocycles. The van der Waals surface area contributed by atoms with Gasteiger partial charge in [0, 0.05) is 17.8 Å². The second-order valence-corrected chi connectivity index (χ2v) is 6.20. The molecule has 0 aliphatic carbocycles. The fourth-order valence-electron chi connectivity index (χ4n) is 2.13. The van der Waals surface area contributed by atoms with E-state index >= 15 is 0 Å². The third kappa shape index (κ3) is 4.37. The number of anilines is 3. The second kappa shape index (κ2) is 7.51. The molecule has 2 N–H and O–H groups in total. The fourth-order valence-corrected chi connectivity index (χ4v) is 2.59. The summed E-state index contributed by atoms with van der Waals surface area (Å²) in [6.07, 6.45) is 1.69. The maximum atomic E-state index is 6.17. The highest BCUT2D eigenvalue weighted by Gasteiger charge is 2.04. The summed E-state index contributed by atoms with van der Waals surface area (Å²) in [6, 6.07) is 15.4.